The molecule has 0 atom stereocenters. The van der Waals surface area contributed by atoms with Crippen molar-refractivity contribution >= 4 is 17.4 Å². The van der Waals surface area contributed by atoms with E-state index >= 15 is 0 Å². The number of alkyl halides is 4. The van der Waals surface area contributed by atoms with Crippen LogP contribution in [-0.4, -0.2) is 16.3 Å². The van der Waals surface area contributed by atoms with Gasteiger partial charge in [-0.1, -0.05) is 0 Å². The Kier molecular flexibility index (Phi) is 3.61. The van der Waals surface area contributed by atoms with E-state index in [0.717, 1.165) is 0 Å². The minimum Gasteiger partial charge on any atom is -0.397 e. The molecule has 1 rings (SSSR count). The van der Waals surface area contributed by atoms with Gasteiger partial charge < -0.3 is 14.9 Å². The molecule has 94 valence electrons. The molecule has 0 fully saturated rings. The van der Waals surface area contributed by atoms with Crippen molar-refractivity contribution in [1.82, 2.24) is 4.98 Å². The molecule has 1 heterocycles. The van der Waals surface area contributed by atoms with Crippen molar-refractivity contribution in [2.45, 2.75) is 12.2 Å². The van der Waals surface area contributed by atoms with Gasteiger partial charge in [0, 0.05) is 6.07 Å². The molecule has 0 unspecified atom stereocenters. The average molecular weight is 273 g/mol. The van der Waals surface area contributed by atoms with E-state index in [0.29, 0.717) is 6.07 Å². The smallest absolute Gasteiger partial charge is 0.397 e. The lowest BCUT2D eigenvalue weighted by Gasteiger charge is -2.08. The Morgan fingerprint density at radius 3 is 2.53 bits per heavy atom. The highest BCUT2D eigenvalue weighted by Crippen LogP contribution is 2.24. The molecule has 0 saturated heterocycles. The zero-order valence-corrected chi connectivity index (χ0v) is 8.63. The molecular formula is C7H4ClF3N2O4. The van der Waals surface area contributed by atoms with Gasteiger partial charge in [0.05, 0.1) is 11.4 Å². The summed E-state index contributed by atoms with van der Waals surface area (Å²) in [6.45, 7) is 0. The van der Waals surface area contributed by atoms with Gasteiger partial charge in [-0.15, -0.1) is 24.8 Å². The number of nitrogens with one attached hydrogen (secondary N) is 1. The van der Waals surface area contributed by atoms with E-state index in [1.54, 1.807) is 4.98 Å². The first-order chi connectivity index (χ1) is 7.74. The number of nitro groups is 1. The van der Waals surface area contributed by atoms with E-state index in [9.17, 15) is 28.1 Å². The molecule has 0 radical (unpaired) electrons. The van der Waals surface area contributed by atoms with Crippen molar-refractivity contribution in [2.24, 2.45) is 0 Å². The summed E-state index contributed by atoms with van der Waals surface area (Å²) >= 11 is 5.31. The van der Waals surface area contributed by atoms with Crippen LogP contribution in [-0.2, 0) is 5.88 Å². The third kappa shape index (κ3) is 3.34. The number of pyridine rings is 1. The van der Waals surface area contributed by atoms with Gasteiger partial charge in [0.25, 0.3) is 0 Å². The molecule has 0 aliphatic heterocycles. The van der Waals surface area contributed by atoms with Crippen LogP contribution >= 0.6 is 11.6 Å². The largest absolute Gasteiger partial charge is 0.573 e. The molecule has 10 heteroatoms. The van der Waals surface area contributed by atoms with Crippen LogP contribution < -0.4 is 10.3 Å². The lowest BCUT2D eigenvalue weighted by molar-refractivity contribution is -0.390. The SMILES string of the molecule is O=c1[nH]c([N+](=O)[O-])c(CCl)cc1OC(F)(F)F. The number of ether oxygens (including phenoxy) is 1. The number of hydrogen-bond acceptors (Lipinski definition) is 4. The first-order valence-electron chi connectivity index (χ1n) is 3.97. The molecule has 1 aromatic heterocycles. The van der Waals surface area contributed by atoms with Crippen molar-refractivity contribution in [3.63, 3.8) is 0 Å². The average Bonchev–Trinajstić information content (AvgIpc) is 2.18. The number of halogens is 4. The van der Waals surface area contributed by atoms with Crippen LogP contribution in [0.3, 0.4) is 0 Å². The predicted molar refractivity (Wildman–Crippen MR) is 50.0 cm³/mol. The van der Waals surface area contributed by atoms with Crippen molar-refractivity contribution in [1.29, 1.82) is 0 Å². The van der Waals surface area contributed by atoms with E-state index in [1.165, 1.54) is 0 Å². The van der Waals surface area contributed by atoms with Gasteiger partial charge in [0.2, 0.25) is 5.75 Å². The first-order valence-corrected chi connectivity index (χ1v) is 4.50. The van der Waals surface area contributed by atoms with Gasteiger partial charge in [-0.2, -0.15) is 4.98 Å². The predicted octanol–water partition coefficient (Wildman–Crippen LogP) is 1.92. The minimum absolute atomic E-state index is 0.282. The quantitative estimate of drug-likeness (QED) is 0.517. The van der Waals surface area contributed by atoms with Gasteiger partial charge in [-0.25, -0.2) is 4.79 Å². The molecule has 0 aromatic carbocycles. The second kappa shape index (κ2) is 4.62. The summed E-state index contributed by atoms with van der Waals surface area (Å²) in [5.41, 5.74) is -1.64. The Morgan fingerprint density at radius 2 is 2.12 bits per heavy atom. The van der Waals surface area contributed by atoms with E-state index in [1.807, 2.05) is 0 Å². The van der Waals surface area contributed by atoms with Crippen molar-refractivity contribution in [2.75, 3.05) is 0 Å². The summed E-state index contributed by atoms with van der Waals surface area (Å²) in [7, 11) is 0. The summed E-state index contributed by atoms with van der Waals surface area (Å²) in [5.74, 6) is -2.31. The van der Waals surface area contributed by atoms with Crippen LogP contribution in [0.4, 0.5) is 19.0 Å². The molecule has 0 aliphatic carbocycles. The van der Waals surface area contributed by atoms with E-state index < -0.39 is 34.3 Å². The summed E-state index contributed by atoms with van der Waals surface area (Å²) in [6, 6.07) is 0.581. The highest BCUT2D eigenvalue weighted by atomic mass is 35.5. The second-order valence-electron chi connectivity index (χ2n) is 2.78. The maximum Gasteiger partial charge on any atom is 0.573 e. The maximum absolute atomic E-state index is 11.9. The van der Waals surface area contributed by atoms with Gasteiger partial charge in [-0.3, -0.25) is 0 Å². The fourth-order valence-corrected chi connectivity index (χ4v) is 1.21. The molecule has 0 aliphatic rings. The lowest BCUT2D eigenvalue weighted by Crippen LogP contribution is -2.23. The van der Waals surface area contributed by atoms with Crippen molar-refractivity contribution < 1.29 is 22.8 Å². The Morgan fingerprint density at radius 1 is 1.53 bits per heavy atom. The Bertz CT molecular complexity index is 499. The minimum atomic E-state index is -5.06. The lowest BCUT2D eigenvalue weighted by atomic mass is 10.3. The van der Waals surface area contributed by atoms with Crippen LogP contribution in [0.15, 0.2) is 10.9 Å². The standard InChI is InChI=1S/C7H4ClF3N2O4/c8-2-3-1-4(17-7(9,10)11)6(14)12-5(3)13(15)16/h1H,2H2,(H,12,14). The summed E-state index contributed by atoms with van der Waals surface area (Å²) in [5, 5.41) is 10.4. The van der Waals surface area contributed by atoms with Gasteiger partial charge >= 0.3 is 17.7 Å². The third-order valence-electron chi connectivity index (χ3n) is 1.62. The highest BCUT2D eigenvalue weighted by molar-refractivity contribution is 6.17. The summed E-state index contributed by atoms with van der Waals surface area (Å²) < 4.78 is 39.0. The summed E-state index contributed by atoms with van der Waals surface area (Å²) in [6.07, 6.45) is -5.06. The number of H-pyrrole nitrogens is 1. The molecule has 6 nitrogen and oxygen atoms in total. The highest BCUT2D eigenvalue weighted by Gasteiger charge is 2.33. The van der Waals surface area contributed by atoms with Gasteiger partial charge in [0.1, 0.15) is 0 Å². The van der Waals surface area contributed by atoms with E-state index in [-0.39, 0.29) is 5.56 Å². The number of nitrogens with zero attached hydrogens (tertiary/aromatic N) is 1. The van der Waals surface area contributed by atoms with Crippen molar-refractivity contribution in [3.8, 4) is 5.75 Å². The second-order valence-corrected chi connectivity index (χ2v) is 3.04. The van der Waals surface area contributed by atoms with Gasteiger partial charge in [0.15, 0.2) is 0 Å². The molecular weight excluding hydrogens is 269 g/mol. The van der Waals surface area contributed by atoms with Crippen LogP contribution in [0, 0.1) is 10.1 Å². The van der Waals surface area contributed by atoms with Crippen LogP contribution in [0.5, 0.6) is 5.75 Å². The van der Waals surface area contributed by atoms with Crippen molar-refractivity contribution in [3.05, 3.63) is 32.1 Å². The summed E-state index contributed by atoms with van der Waals surface area (Å²) in [4.78, 5) is 22.2. The van der Waals surface area contributed by atoms with Crippen LogP contribution in [0.1, 0.15) is 5.56 Å². The normalized spacial score (nSPS) is 11.3. The molecule has 0 bridgehead atoms. The number of aromatic amines is 1. The molecule has 1 aromatic rings. The molecule has 1 N–H and O–H groups in total. The molecule has 17 heavy (non-hydrogen) atoms. The maximum atomic E-state index is 11.9. The zero-order valence-electron chi connectivity index (χ0n) is 7.88. The molecule has 0 spiro atoms. The van der Waals surface area contributed by atoms with Crippen LogP contribution in [0.25, 0.3) is 0 Å². The number of aromatic nitrogens is 1. The molecule has 0 amide bonds. The topological polar surface area (TPSA) is 85.2 Å². The Hall–Kier alpha value is -1.77. The zero-order chi connectivity index (χ0) is 13.2. The molecule has 0 saturated carbocycles. The van der Waals surface area contributed by atoms with Gasteiger partial charge in [-0.05, 0) is 4.92 Å². The van der Waals surface area contributed by atoms with Crippen LogP contribution in [0.2, 0.25) is 0 Å². The third-order valence-corrected chi connectivity index (χ3v) is 1.91. The number of hydrogen-bond donors (Lipinski definition) is 1. The fraction of sp³-hybridized carbons (Fsp3) is 0.286. The number of rotatable bonds is 3. The van der Waals surface area contributed by atoms with E-state index in [2.05, 4.69) is 4.74 Å². The first kappa shape index (κ1) is 13.3. The fourth-order valence-electron chi connectivity index (χ4n) is 1.01. The van der Waals surface area contributed by atoms with E-state index in [4.69, 9.17) is 11.6 Å². The Balaban J connectivity index is 3.28. The monoisotopic (exact) mass is 272 g/mol. The Labute approximate surface area is 96.1 Å².